The van der Waals surface area contributed by atoms with E-state index in [1.165, 1.54) is 24.8 Å². The van der Waals surface area contributed by atoms with E-state index in [-0.39, 0.29) is 5.82 Å². The van der Waals surface area contributed by atoms with Crippen molar-refractivity contribution in [2.45, 2.75) is 49.6 Å². The zero-order chi connectivity index (χ0) is 12.5. The highest BCUT2D eigenvalue weighted by Crippen LogP contribution is 2.41. The van der Waals surface area contributed by atoms with Crippen molar-refractivity contribution in [2.75, 3.05) is 5.75 Å². The molecular weight excluding hydrogens is 245 g/mol. The monoisotopic (exact) mass is 265 g/mol. The van der Waals surface area contributed by atoms with Gasteiger partial charge in [0.15, 0.2) is 0 Å². The first-order valence-electron chi connectivity index (χ1n) is 6.97. The molecule has 0 saturated heterocycles. The van der Waals surface area contributed by atoms with Gasteiger partial charge in [0.1, 0.15) is 5.82 Å². The Morgan fingerprint density at radius 2 is 2.33 bits per heavy atom. The molecule has 1 aliphatic carbocycles. The molecule has 0 amide bonds. The summed E-state index contributed by atoms with van der Waals surface area (Å²) in [7, 11) is 0. The van der Waals surface area contributed by atoms with Crippen LogP contribution in [0.4, 0.5) is 4.39 Å². The zero-order valence-electron chi connectivity index (χ0n) is 10.8. The third kappa shape index (κ3) is 2.43. The van der Waals surface area contributed by atoms with Gasteiger partial charge >= 0.3 is 0 Å². The normalized spacial score (nSPS) is 30.0. The summed E-state index contributed by atoms with van der Waals surface area (Å²) in [5.41, 5.74) is 1.17. The lowest BCUT2D eigenvalue weighted by atomic mass is 10.0. The Labute approximate surface area is 113 Å². The quantitative estimate of drug-likeness (QED) is 0.878. The molecule has 3 unspecified atom stereocenters. The molecule has 3 rings (SSSR count). The molecule has 1 N–H and O–H groups in total. The second kappa shape index (κ2) is 5.22. The van der Waals surface area contributed by atoms with Gasteiger partial charge in [0.25, 0.3) is 0 Å². The van der Waals surface area contributed by atoms with Gasteiger partial charge in [-0.15, -0.1) is 11.8 Å². The van der Waals surface area contributed by atoms with Crippen molar-refractivity contribution in [3.05, 3.63) is 29.6 Å². The fraction of sp³-hybridized carbons (Fsp3) is 0.600. The first-order chi connectivity index (χ1) is 8.79. The van der Waals surface area contributed by atoms with Gasteiger partial charge in [-0.05, 0) is 42.6 Å². The standard InChI is InChI=1S/C15H20FNS/c1-2-4-10-9-14(10)17-13-7-8-18-15-11(13)5-3-6-12(15)16/h3,5-6,10,13-14,17H,2,4,7-9H2,1H3. The molecule has 3 heteroatoms. The summed E-state index contributed by atoms with van der Waals surface area (Å²) in [6, 6.07) is 6.54. The van der Waals surface area contributed by atoms with Crippen molar-refractivity contribution < 1.29 is 4.39 Å². The van der Waals surface area contributed by atoms with Crippen LogP contribution in [0.25, 0.3) is 0 Å². The highest BCUT2D eigenvalue weighted by atomic mass is 32.2. The van der Waals surface area contributed by atoms with E-state index in [0.29, 0.717) is 12.1 Å². The third-order valence-corrected chi connectivity index (χ3v) is 5.18. The van der Waals surface area contributed by atoms with Gasteiger partial charge in [-0.3, -0.25) is 0 Å². The average Bonchev–Trinajstić information content (AvgIpc) is 3.09. The molecule has 1 aromatic carbocycles. The molecular formula is C15H20FNS. The molecule has 3 atom stereocenters. The van der Waals surface area contributed by atoms with Crippen LogP contribution in [0.15, 0.2) is 23.1 Å². The maximum absolute atomic E-state index is 13.7. The van der Waals surface area contributed by atoms with E-state index in [1.807, 2.05) is 6.07 Å². The Morgan fingerprint density at radius 1 is 1.44 bits per heavy atom. The van der Waals surface area contributed by atoms with Crippen molar-refractivity contribution >= 4 is 11.8 Å². The molecule has 2 aliphatic rings. The first-order valence-corrected chi connectivity index (χ1v) is 7.95. The maximum atomic E-state index is 13.7. The number of halogens is 1. The minimum Gasteiger partial charge on any atom is -0.307 e. The van der Waals surface area contributed by atoms with Crippen molar-refractivity contribution in [1.29, 1.82) is 0 Å². The van der Waals surface area contributed by atoms with E-state index in [2.05, 4.69) is 18.3 Å². The molecule has 0 radical (unpaired) electrons. The van der Waals surface area contributed by atoms with Crippen LogP contribution in [0.3, 0.4) is 0 Å². The molecule has 1 nitrogen and oxygen atoms in total. The van der Waals surface area contributed by atoms with Crippen molar-refractivity contribution in [3.63, 3.8) is 0 Å². The minimum absolute atomic E-state index is 0.0510. The van der Waals surface area contributed by atoms with Gasteiger partial charge in [-0.1, -0.05) is 25.5 Å². The summed E-state index contributed by atoms with van der Waals surface area (Å²) in [4.78, 5) is 0.869. The first kappa shape index (κ1) is 12.5. The van der Waals surface area contributed by atoms with Crippen LogP contribution in [0.1, 0.15) is 44.2 Å². The summed E-state index contributed by atoms with van der Waals surface area (Å²) in [6.45, 7) is 2.25. The van der Waals surface area contributed by atoms with E-state index in [4.69, 9.17) is 0 Å². The van der Waals surface area contributed by atoms with Gasteiger partial charge in [0.05, 0.1) is 0 Å². The summed E-state index contributed by atoms with van der Waals surface area (Å²) in [6.07, 6.45) is 5.03. The molecule has 1 aromatic rings. The number of thioether (sulfide) groups is 1. The Kier molecular flexibility index (Phi) is 3.62. The fourth-order valence-corrected chi connectivity index (χ4v) is 4.10. The van der Waals surface area contributed by atoms with E-state index in [0.717, 1.165) is 23.0 Å². The summed E-state index contributed by atoms with van der Waals surface area (Å²) in [5, 5.41) is 3.73. The topological polar surface area (TPSA) is 12.0 Å². The predicted molar refractivity (Wildman–Crippen MR) is 74.4 cm³/mol. The molecule has 1 fully saturated rings. The predicted octanol–water partition coefficient (Wildman–Crippen LogP) is 4.14. The lowest BCUT2D eigenvalue weighted by Gasteiger charge is -2.26. The Morgan fingerprint density at radius 3 is 3.17 bits per heavy atom. The van der Waals surface area contributed by atoms with Gasteiger partial charge in [0, 0.05) is 17.0 Å². The van der Waals surface area contributed by atoms with Crippen molar-refractivity contribution in [3.8, 4) is 0 Å². The number of nitrogens with one attached hydrogen (secondary N) is 1. The average molecular weight is 265 g/mol. The zero-order valence-corrected chi connectivity index (χ0v) is 11.6. The van der Waals surface area contributed by atoms with Gasteiger partial charge in [-0.25, -0.2) is 4.39 Å². The van der Waals surface area contributed by atoms with Crippen LogP contribution in [-0.4, -0.2) is 11.8 Å². The highest BCUT2D eigenvalue weighted by Gasteiger charge is 2.38. The van der Waals surface area contributed by atoms with Crippen LogP contribution >= 0.6 is 11.8 Å². The number of rotatable bonds is 4. The van der Waals surface area contributed by atoms with Crippen LogP contribution in [0.2, 0.25) is 0 Å². The number of fused-ring (bicyclic) bond motifs is 1. The largest absolute Gasteiger partial charge is 0.307 e. The van der Waals surface area contributed by atoms with E-state index in [9.17, 15) is 4.39 Å². The highest BCUT2D eigenvalue weighted by molar-refractivity contribution is 7.99. The summed E-state index contributed by atoms with van der Waals surface area (Å²) in [5.74, 6) is 1.84. The number of benzene rings is 1. The molecule has 1 heterocycles. The molecule has 0 bridgehead atoms. The van der Waals surface area contributed by atoms with Crippen molar-refractivity contribution in [2.24, 2.45) is 5.92 Å². The van der Waals surface area contributed by atoms with E-state index >= 15 is 0 Å². The second-order valence-corrected chi connectivity index (χ2v) is 6.51. The molecule has 1 aliphatic heterocycles. The van der Waals surface area contributed by atoms with Crippen molar-refractivity contribution in [1.82, 2.24) is 5.32 Å². The van der Waals surface area contributed by atoms with Crippen LogP contribution in [-0.2, 0) is 0 Å². The Balaban J connectivity index is 1.71. The Hall–Kier alpha value is -0.540. The Bertz CT molecular complexity index is 435. The molecule has 18 heavy (non-hydrogen) atoms. The van der Waals surface area contributed by atoms with E-state index in [1.54, 1.807) is 17.8 Å². The maximum Gasteiger partial charge on any atom is 0.137 e. The lowest BCUT2D eigenvalue weighted by Crippen LogP contribution is -2.27. The van der Waals surface area contributed by atoms with Gasteiger partial charge < -0.3 is 5.32 Å². The molecule has 98 valence electrons. The third-order valence-electron chi connectivity index (χ3n) is 4.02. The summed E-state index contributed by atoms with van der Waals surface area (Å²) < 4.78 is 13.7. The van der Waals surface area contributed by atoms with Crippen LogP contribution in [0, 0.1) is 11.7 Å². The fourth-order valence-electron chi connectivity index (χ4n) is 2.96. The number of hydrogen-bond acceptors (Lipinski definition) is 2. The smallest absolute Gasteiger partial charge is 0.137 e. The minimum atomic E-state index is -0.0510. The number of hydrogen-bond donors (Lipinski definition) is 1. The lowest BCUT2D eigenvalue weighted by molar-refractivity contribution is 0.474. The second-order valence-electron chi connectivity index (χ2n) is 5.41. The molecule has 1 saturated carbocycles. The molecule has 0 aromatic heterocycles. The van der Waals surface area contributed by atoms with Crippen LogP contribution < -0.4 is 5.32 Å². The van der Waals surface area contributed by atoms with Gasteiger partial charge in [0.2, 0.25) is 0 Å². The molecule has 0 spiro atoms. The van der Waals surface area contributed by atoms with Gasteiger partial charge in [-0.2, -0.15) is 0 Å². The van der Waals surface area contributed by atoms with Crippen LogP contribution in [0.5, 0.6) is 0 Å². The van der Waals surface area contributed by atoms with E-state index < -0.39 is 0 Å². The summed E-state index contributed by atoms with van der Waals surface area (Å²) >= 11 is 1.66. The SMILES string of the molecule is CCCC1CC1NC1CCSc2c(F)cccc21.